The van der Waals surface area contributed by atoms with Gasteiger partial charge in [0.1, 0.15) is 11.6 Å². The first-order valence-corrected chi connectivity index (χ1v) is 13.3. The second kappa shape index (κ2) is 12.4. The van der Waals surface area contributed by atoms with Gasteiger partial charge in [-0.15, -0.1) is 0 Å². The first-order valence-electron chi connectivity index (χ1n) is 11.8. The van der Waals surface area contributed by atoms with Crippen LogP contribution in [-0.2, 0) is 27.8 Å². The third-order valence-electron chi connectivity index (χ3n) is 5.72. The van der Waals surface area contributed by atoms with Gasteiger partial charge in [0.2, 0.25) is 10.0 Å². The number of anilines is 1. The van der Waals surface area contributed by atoms with E-state index < -0.39 is 45.8 Å². The second-order valence-corrected chi connectivity index (χ2v) is 10.5. The number of hydrogen-bond acceptors (Lipinski definition) is 5. The summed E-state index contributed by atoms with van der Waals surface area (Å²) in [4.78, 5) is 24.4. The smallest absolute Gasteiger partial charge is 0.412 e. The first kappa shape index (κ1) is 27.6. The van der Waals surface area contributed by atoms with Gasteiger partial charge in [0.05, 0.1) is 10.6 Å². The molecule has 0 spiro atoms. The zero-order valence-corrected chi connectivity index (χ0v) is 21.4. The lowest BCUT2D eigenvalue weighted by Crippen LogP contribution is -2.30. The minimum Gasteiger partial charge on any atom is -0.441 e. The van der Waals surface area contributed by atoms with Crippen molar-refractivity contribution < 1.29 is 31.5 Å². The van der Waals surface area contributed by atoms with E-state index in [4.69, 9.17) is 4.74 Å². The minimum absolute atomic E-state index is 0.00819. The van der Waals surface area contributed by atoms with E-state index in [1.54, 1.807) is 0 Å². The number of carbonyl (C=O) groups excluding carboxylic acids is 2. The normalized spacial score (nSPS) is 11.3. The van der Waals surface area contributed by atoms with Gasteiger partial charge in [0, 0.05) is 24.7 Å². The number of halogens is 2. The Kier molecular flexibility index (Phi) is 8.80. The second-order valence-electron chi connectivity index (χ2n) is 8.52. The number of carbonyl (C=O) groups is 2. The van der Waals surface area contributed by atoms with Crippen molar-refractivity contribution in [2.75, 3.05) is 11.9 Å². The largest absolute Gasteiger partial charge is 0.441 e. The molecule has 1 N–H and O–H groups in total. The molecule has 1 amide bonds. The van der Waals surface area contributed by atoms with Gasteiger partial charge in [0.15, 0.2) is 12.4 Å². The van der Waals surface area contributed by atoms with Gasteiger partial charge in [-0.05, 0) is 47.5 Å². The number of hydrogen-bond donors (Lipinski definition) is 1. The van der Waals surface area contributed by atoms with Crippen LogP contribution in [0.25, 0.3) is 0 Å². The molecule has 0 aliphatic heterocycles. The van der Waals surface area contributed by atoms with Crippen molar-refractivity contribution in [3.63, 3.8) is 0 Å². The number of nitrogens with zero attached hydrogens (tertiary/aromatic N) is 1. The van der Waals surface area contributed by atoms with E-state index >= 15 is 0 Å². The fraction of sp³-hybridized carbons (Fsp3) is 0.103. The summed E-state index contributed by atoms with van der Waals surface area (Å²) in [6, 6.07) is 26.2. The Hall–Kier alpha value is -4.41. The molecule has 0 atom stereocenters. The van der Waals surface area contributed by atoms with E-state index in [-0.39, 0.29) is 23.5 Å². The first-order chi connectivity index (χ1) is 18.7. The van der Waals surface area contributed by atoms with Gasteiger partial charge in [-0.3, -0.25) is 10.1 Å². The van der Waals surface area contributed by atoms with E-state index in [2.05, 4.69) is 0 Å². The molecule has 0 saturated heterocycles. The highest BCUT2D eigenvalue weighted by Crippen LogP contribution is 2.22. The number of ether oxygens (including phenoxy) is 1. The van der Waals surface area contributed by atoms with Crippen LogP contribution in [0.15, 0.2) is 108 Å². The van der Waals surface area contributed by atoms with Gasteiger partial charge in [-0.2, -0.15) is 4.31 Å². The van der Waals surface area contributed by atoms with Crippen LogP contribution in [0.5, 0.6) is 0 Å². The lowest BCUT2D eigenvalue weighted by molar-refractivity contribution is 0.0863. The Labute approximate surface area is 224 Å². The van der Waals surface area contributed by atoms with Gasteiger partial charge in [-0.1, -0.05) is 60.7 Å². The number of rotatable bonds is 10. The predicted molar refractivity (Wildman–Crippen MR) is 141 cm³/mol. The molecule has 10 heteroatoms. The molecular formula is C29H24F2N2O5S. The lowest BCUT2D eigenvalue weighted by atomic mass is 10.1. The average Bonchev–Trinajstić information content (AvgIpc) is 2.94. The summed E-state index contributed by atoms with van der Waals surface area (Å²) in [6.45, 7) is -0.399. The predicted octanol–water partition coefficient (Wildman–Crippen LogP) is 5.79. The number of ketones is 1. The molecular weight excluding hydrogens is 526 g/mol. The lowest BCUT2D eigenvalue weighted by Gasteiger charge is -2.23. The maximum atomic E-state index is 13.7. The van der Waals surface area contributed by atoms with Crippen LogP contribution < -0.4 is 5.32 Å². The molecule has 0 unspecified atom stereocenters. The third kappa shape index (κ3) is 7.34. The Morgan fingerprint density at radius 1 is 0.769 bits per heavy atom. The van der Waals surface area contributed by atoms with Crippen molar-refractivity contribution in [3.8, 4) is 0 Å². The fourth-order valence-electron chi connectivity index (χ4n) is 3.72. The van der Waals surface area contributed by atoms with Crippen LogP contribution in [-0.4, -0.2) is 31.2 Å². The SMILES string of the molecule is O=C(Nc1cc(F)ccc1F)OCC(=O)c1ccc(S(=O)(=O)N(Cc2ccccc2)Cc2ccccc2)cc1. The Morgan fingerprint density at radius 2 is 1.33 bits per heavy atom. The maximum Gasteiger partial charge on any atom is 0.412 e. The monoisotopic (exact) mass is 550 g/mol. The molecule has 0 heterocycles. The van der Waals surface area contributed by atoms with Crippen LogP contribution in [0.3, 0.4) is 0 Å². The van der Waals surface area contributed by atoms with E-state index in [1.807, 2.05) is 66.0 Å². The summed E-state index contributed by atoms with van der Waals surface area (Å²) in [5.74, 6) is -2.24. The van der Waals surface area contributed by atoms with Crippen molar-refractivity contribution in [1.29, 1.82) is 0 Å². The van der Waals surface area contributed by atoms with Crippen molar-refractivity contribution in [3.05, 3.63) is 131 Å². The number of sulfonamides is 1. The van der Waals surface area contributed by atoms with E-state index in [1.165, 1.54) is 28.6 Å². The number of amides is 1. The topological polar surface area (TPSA) is 92.8 Å². The van der Waals surface area contributed by atoms with E-state index in [9.17, 15) is 26.8 Å². The fourth-order valence-corrected chi connectivity index (χ4v) is 5.13. The maximum absolute atomic E-state index is 13.7. The molecule has 0 radical (unpaired) electrons. The quantitative estimate of drug-likeness (QED) is 0.253. The average molecular weight is 551 g/mol. The molecule has 4 aromatic carbocycles. The molecule has 0 aliphatic carbocycles. The summed E-state index contributed by atoms with van der Waals surface area (Å²) < 4.78 is 60.2. The third-order valence-corrected chi connectivity index (χ3v) is 7.52. The Balaban J connectivity index is 1.44. The van der Waals surface area contributed by atoms with Crippen LogP contribution in [0, 0.1) is 11.6 Å². The van der Waals surface area contributed by atoms with Crippen molar-refractivity contribution in [2.24, 2.45) is 0 Å². The van der Waals surface area contributed by atoms with Gasteiger partial charge < -0.3 is 4.74 Å². The number of nitrogens with one attached hydrogen (secondary N) is 1. The van der Waals surface area contributed by atoms with Crippen LogP contribution in [0.2, 0.25) is 0 Å². The van der Waals surface area contributed by atoms with Crippen LogP contribution >= 0.6 is 0 Å². The summed E-state index contributed by atoms with van der Waals surface area (Å²) in [7, 11) is -3.95. The summed E-state index contributed by atoms with van der Waals surface area (Å²) in [5.41, 5.74) is 1.31. The van der Waals surface area contributed by atoms with E-state index in [0.717, 1.165) is 29.3 Å². The highest BCUT2D eigenvalue weighted by molar-refractivity contribution is 7.89. The zero-order valence-electron chi connectivity index (χ0n) is 20.6. The molecule has 4 rings (SSSR count). The van der Waals surface area contributed by atoms with Gasteiger partial charge >= 0.3 is 6.09 Å². The standard InChI is InChI=1S/C29H24F2N2O5S/c30-24-13-16-26(31)27(17-24)32-29(35)38-20-28(34)23-11-14-25(15-12-23)39(36,37)33(18-21-7-3-1-4-8-21)19-22-9-5-2-6-10-22/h1-17H,18-20H2,(H,32,35). The van der Waals surface area contributed by atoms with Crippen molar-refractivity contribution >= 4 is 27.6 Å². The molecule has 200 valence electrons. The molecule has 0 aromatic heterocycles. The van der Waals surface area contributed by atoms with Crippen LogP contribution in [0.4, 0.5) is 19.3 Å². The zero-order chi connectivity index (χ0) is 27.8. The van der Waals surface area contributed by atoms with Crippen molar-refractivity contribution in [2.45, 2.75) is 18.0 Å². The summed E-state index contributed by atoms with van der Waals surface area (Å²) in [6.07, 6.45) is -1.15. The minimum atomic E-state index is -3.95. The Morgan fingerprint density at radius 3 is 1.90 bits per heavy atom. The summed E-state index contributed by atoms with van der Waals surface area (Å²) in [5, 5.41) is 2.03. The van der Waals surface area contributed by atoms with Gasteiger partial charge in [0.25, 0.3) is 0 Å². The van der Waals surface area contributed by atoms with E-state index in [0.29, 0.717) is 0 Å². The Bertz CT molecular complexity index is 1510. The number of Topliss-reactive ketones (excluding diaryl/α,β-unsaturated/α-hetero) is 1. The number of benzene rings is 4. The molecule has 7 nitrogen and oxygen atoms in total. The van der Waals surface area contributed by atoms with Gasteiger partial charge in [-0.25, -0.2) is 22.0 Å². The highest BCUT2D eigenvalue weighted by Gasteiger charge is 2.25. The molecule has 0 bridgehead atoms. The van der Waals surface area contributed by atoms with Crippen LogP contribution in [0.1, 0.15) is 21.5 Å². The molecule has 0 aliphatic rings. The summed E-state index contributed by atoms with van der Waals surface area (Å²) >= 11 is 0. The molecule has 4 aromatic rings. The molecule has 0 fully saturated rings. The molecule has 39 heavy (non-hydrogen) atoms. The van der Waals surface area contributed by atoms with Crippen molar-refractivity contribution in [1.82, 2.24) is 4.31 Å². The molecule has 0 saturated carbocycles. The highest BCUT2D eigenvalue weighted by atomic mass is 32.2.